The van der Waals surface area contributed by atoms with Gasteiger partial charge in [0.2, 0.25) is 5.91 Å². The molecule has 88 valence electrons. The molecule has 0 aliphatic heterocycles. The van der Waals surface area contributed by atoms with Crippen LogP contribution in [0, 0.1) is 0 Å². The van der Waals surface area contributed by atoms with Crippen LogP contribution in [0.2, 0.25) is 0 Å². The Bertz CT molecular complexity index is 349. The summed E-state index contributed by atoms with van der Waals surface area (Å²) >= 11 is 3.37. The van der Waals surface area contributed by atoms with Crippen molar-refractivity contribution >= 4 is 21.8 Å². The minimum absolute atomic E-state index is 0.00887. The largest absolute Gasteiger partial charge is 0.350 e. The zero-order valence-corrected chi connectivity index (χ0v) is 11.1. The summed E-state index contributed by atoms with van der Waals surface area (Å²) in [5, 5.41) is 2.91. The number of rotatable bonds is 4. The fourth-order valence-corrected chi connectivity index (χ4v) is 1.69. The highest BCUT2D eigenvalue weighted by Gasteiger charge is 2.10. The summed E-state index contributed by atoms with van der Waals surface area (Å²) in [6.07, 6.45) is 0.362. The van der Waals surface area contributed by atoms with E-state index < -0.39 is 0 Å². The molecular weight excluding hydrogens is 268 g/mol. The first-order valence-electron chi connectivity index (χ1n) is 5.29. The van der Waals surface area contributed by atoms with Crippen molar-refractivity contribution in [2.24, 2.45) is 5.73 Å². The second kappa shape index (κ2) is 6.01. The van der Waals surface area contributed by atoms with E-state index in [2.05, 4.69) is 21.2 Å². The Kier molecular flexibility index (Phi) is 4.96. The lowest BCUT2D eigenvalue weighted by atomic mass is 10.1. The Morgan fingerprint density at radius 2 is 1.94 bits per heavy atom. The number of nitrogens with two attached hydrogens (primary N) is 1. The first-order chi connectivity index (χ1) is 7.49. The summed E-state index contributed by atoms with van der Waals surface area (Å²) in [7, 11) is 0. The van der Waals surface area contributed by atoms with Gasteiger partial charge in [-0.15, -0.1) is 0 Å². The molecule has 1 amide bonds. The lowest BCUT2D eigenvalue weighted by Gasteiger charge is -2.15. The third-order valence-corrected chi connectivity index (χ3v) is 2.78. The molecule has 0 radical (unpaired) electrons. The molecule has 0 fully saturated rings. The van der Waals surface area contributed by atoms with E-state index in [9.17, 15) is 4.79 Å². The molecule has 0 aliphatic carbocycles. The van der Waals surface area contributed by atoms with Crippen LogP contribution in [0.15, 0.2) is 28.7 Å². The minimum Gasteiger partial charge on any atom is -0.350 e. The molecule has 0 aliphatic rings. The van der Waals surface area contributed by atoms with Crippen molar-refractivity contribution in [1.82, 2.24) is 5.32 Å². The quantitative estimate of drug-likeness (QED) is 0.892. The smallest absolute Gasteiger partial charge is 0.222 e. The third kappa shape index (κ3) is 4.33. The van der Waals surface area contributed by atoms with Crippen molar-refractivity contribution in [2.45, 2.75) is 32.4 Å². The van der Waals surface area contributed by atoms with Gasteiger partial charge in [-0.25, -0.2) is 0 Å². The maximum atomic E-state index is 11.5. The van der Waals surface area contributed by atoms with Crippen molar-refractivity contribution in [3.63, 3.8) is 0 Å². The number of carbonyl (C=O) groups excluding carboxylic acids is 1. The van der Waals surface area contributed by atoms with Crippen LogP contribution >= 0.6 is 15.9 Å². The van der Waals surface area contributed by atoms with Crippen LogP contribution in [0.3, 0.4) is 0 Å². The first kappa shape index (κ1) is 13.2. The van der Waals surface area contributed by atoms with Crippen LogP contribution in [-0.4, -0.2) is 11.9 Å². The summed E-state index contributed by atoms with van der Waals surface area (Å²) in [6, 6.07) is 7.81. The molecule has 0 saturated carbocycles. The van der Waals surface area contributed by atoms with E-state index in [-0.39, 0.29) is 18.0 Å². The number of hydrogen-bond donors (Lipinski definition) is 2. The Morgan fingerprint density at radius 3 is 2.44 bits per heavy atom. The Labute approximate surface area is 105 Å². The van der Waals surface area contributed by atoms with Crippen LogP contribution in [0.25, 0.3) is 0 Å². The van der Waals surface area contributed by atoms with Gasteiger partial charge in [0.05, 0.1) is 6.04 Å². The van der Waals surface area contributed by atoms with Crippen molar-refractivity contribution in [2.75, 3.05) is 0 Å². The lowest BCUT2D eigenvalue weighted by molar-refractivity contribution is -0.122. The predicted molar refractivity (Wildman–Crippen MR) is 69.0 cm³/mol. The fraction of sp³-hybridized carbons (Fsp3) is 0.417. The van der Waals surface area contributed by atoms with E-state index in [4.69, 9.17) is 5.73 Å². The second-order valence-corrected chi connectivity index (χ2v) is 4.94. The Morgan fingerprint density at radius 1 is 1.38 bits per heavy atom. The zero-order chi connectivity index (χ0) is 12.1. The Balaban J connectivity index is 2.55. The number of benzene rings is 1. The van der Waals surface area contributed by atoms with Gasteiger partial charge in [-0.05, 0) is 31.5 Å². The molecule has 4 heteroatoms. The molecule has 1 rings (SSSR count). The standard InChI is InChI=1S/C12H17BrN2O/c1-8(14)7-12(16)15-9(2)10-3-5-11(13)6-4-10/h3-6,8-9H,7,14H2,1-2H3,(H,15,16)/t8?,9-/m1/s1. The molecule has 0 bridgehead atoms. The van der Waals surface area contributed by atoms with Crippen LogP contribution in [0.5, 0.6) is 0 Å². The molecule has 16 heavy (non-hydrogen) atoms. The number of hydrogen-bond acceptors (Lipinski definition) is 2. The van der Waals surface area contributed by atoms with Crippen molar-refractivity contribution in [3.05, 3.63) is 34.3 Å². The molecule has 0 spiro atoms. The molecule has 1 aromatic rings. The highest BCUT2D eigenvalue weighted by molar-refractivity contribution is 9.10. The van der Waals surface area contributed by atoms with Gasteiger partial charge in [-0.3, -0.25) is 4.79 Å². The van der Waals surface area contributed by atoms with E-state index in [1.807, 2.05) is 38.1 Å². The highest BCUT2D eigenvalue weighted by atomic mass is 79.9. The average molecular weight is 285 g/mol. The maximum Gasteiger partial charge on any atom is 0.222 e. The number of amides is 1. The molecule has 2 atom stereocenters. The van der Waals surface area contributed by atoms with Gasteiger partial charge < -0.3 is 11.1 Å². The zero-order valence-electron chi connectivity index (χ0n) is 9.53. The molecule has 3 nitrogen and oxygen atoms in total. The fourth-order valence-electron chi connectivity index (χ4n) is 1.43. The first-order valence-corrected chi connectivity index (χ1v) is 6.08. The second-order valence-electron chi connectivity index (χ2n) is 4.02. The van der Waals surface area contributed by atoms with Crippen LogP contribution in [-0.2, 0) is 4.79 Å². The summed E-state index contributed by atoms with van der Waals surface area (Å²) in [6.45, 7) is 3.78. The molecule has 0 aromatic heterocycles. The summed E-state index contributed by atoms with van der Waals surface area (Å²) < 4.78 is 1.03. The van der Waals surface area contributed by atoms with E-state index in [1.165, 1.54) is 0 Å². The van der Waals surface area contributed by atoms with Gasteiger partial charge in [-0.1, -0.05) is 28.1 Å². The van der Waals surface area contributed by atoms with E-state index in [0.717, 1.165) is 10.0 Å². The number of carbonyl (C=O) groups is 1. The van der Waals surface area contributed by atoms with Gasteiger partial charge >= 0.3 is 0 Å². The Hall–Kier alpha value is -0.870. The average Bonchev–Trinajstić information content (AvgIpc) is 2.16. The summed E-state index contributed by atoms with van der Waals surface area (Å²) in [4.78, 5) is 11.5. The highest BCUT2D eigenvalue weighted by Crippen LogP contribution is 2.16. The van der Waals surface area contributed by atoms with Gasteiger partial charge in [0.25, 0.3) is 0 Å². The van der Waals surface area contributed by atoms with Gasteiger partial charge in [-0.2, -0.15) is 0 Å². The van der Waals surface area contributed by atoms with Gasteiger partial charge in [0.1, 0.15) is 0 Å². The van der Waals surface area contributed by atoms with Crippen LogP contribution < -0.4 is 11.1 Å². The normalized spacial score (nSPS) is 14.2. The van der Waals surface area contributed by atoms with Crippen LogP contribution in [0.4, 0.5) is 0 Å². The van der Waals surface area contributed by atoms with Crippen molar-refractivity contribution in [1.29, 1.82) is 0 Å². The maximum absolute atomic E-state index is 11.5. The van der Waals surface area contributed by atoms with E-state index >= 15 is 0 Å². The third-order valence-electron chi connectivity index (χ3n) is 2.25. The van der Waals surface area contributed by atoms with E-state index in [0.29, 0.717) is 6.42 Å². The monoisotopic (exact) mass is 284 g/mol. The molecule has 0 saturated heterocycles. The SMILES string of the molecule is CC(N)CC(=O)N[C@H](C)c1ccc(Br)cc1. The predicted octanol–water partition coefficient (Wildman–Crippen LogP) is 2.36. The minimum atomic E-state index is -0.0999. The van der Waals surface area contributed by atoms with Crippen molar-refractivity contribution in [3.8, 4) is 0 Å². The molecule has 1 aromatic carbocycles. The van der Waals surface area contributed by atoms with E-state index in [1.54, 1.807) is 0 Å². The lowest BCUT2D eigenvalue weighted by Crippen LogP contribution is -2.31. The molecule has 1 unspecified atom stereocenters. The number of nitrogens with one attached hydrogen (secondary N) is 1. The van der Waals surface area contributed by atoms with Crippen LogP contribution in [0.1, 0.15) is 31.9 Å². The molecule has 3 N–H and O–H groups in total. The van der Waals surface area contributed by atoms with Gasteiger partial charge in [0.15, 0.2) is 0 Å². The van der Waals surface area contributed by atoms with Crippen molar-refractivity contribution < 1.29 is 4.79 Å². The summed E-state index contributed by atoms with van der Waals surface area (Å²) in [5.74, 6) is -0.00887. The van der Waals surface area contributed by atoms with Gasteiger partial charge in [0, 0.05) is 16.9 Å². The summed E-state index contributed by atoms with van der Waals surface area (Å²) in [5.41, 5.74) is 6.65. The topological polar surface area (TPSA) is 55.1 Å². The number of halogens is 1. The molecule has 0 heterocycles. The molecular formula is C12H17BrN2O.